The Bertz CT molecular complexity index is 1790. The summed E-state index contributed by atoms with van der Waals surface area (Å²) in [4.78, 5) is 25.6. The maximum Gasteiger partial charge on any atom is 0.409 e. The number of aliphatic hydroxyl groups is 1. The van der Waals surface area contributed by atoms with Crippen molar-refractivity contribution in [2.24, 2.45) is 0 Å². The Labute approximate surface area is 254 Å². The van der Waals surface area contributed by atoms with Gasteiger partial charge in [0.05, 0.1) is 23.9 Å². The van der Waals surface area contributed by atoms with E-state index in [1.807, 2.05) is 72.8 Å². The lowest BCUT2D eigenvalue weighted by Gasteiger charge is -2.15. The minimum Gasteiger partial charge on any atom is -0.506 e. The van der Waals surface area contributed by atoms with Crippen LogP contribution in [0, 0.1) is 0 Å². The van der Waals surface area contributed by atoms with Gasteiger partial charge in [-0.25, -0.2) is 4.79 Å². The Balaban J connectivity index is 1.09. The summed E-state index contributed by atoms with van der Waals surface area (Å²) in [6.07, 6.45) is 0.587. The molecule has 1 aromatic heterocycles. The van der Waals surface area contributed by atoms with Gasteiger partial charge in [0.2, 0.25) is 5.56 Å². The molecule has 9 nitrogen and oxygen atoms in total. The van der Waals surface area contributed by atoms with Crippen molar-refractivity contribution in [1.29, 1.82) is 0 Å². The molecule has 0 unspecified atom stereocenters. The molecule has 0 fully saturated rings. The number of carboxylic acid groups (broad SMARTS) is 1. The largest absolute Gasteiger partial charge is 0.506 e. The molecular formula is C35H35N3O6. The van der Waals surface area contributed by atoms with E-state index in [0.29, 0.717) is 35.3 Å². The number of pyridine rings is 1. The number of H-pyrrole nitrogens is 1. The van der Waals surface area contributed by atoms with E-state index in [1.54, 1.807) is 12.1 Å². The number of nitrogens with one attached hydrogen (secondary N) is 3. The number of hydrogen-bond donors (Lipinski definition) is 6. The summed E-state index contributed by atoms with van der Waals surface area (Å²) in [6.45, 7) is 1.35. The number of anilines is 1. The zero-order valence-electron chi connectivity index (χ0n) is 24.1. The molecule has 0 bridgehead atoms. The van der Waals surface area contributed by atoms with Crippen LogP contribution in [0.5, 0.6) is 11.5 Å². The van der Waals surface area contributed by atoms with Gasteiger partial charge in [-0.2, -0.15) is 0 Å². The summed E-state index contributed by atoms with van der Waals surface area (Å²) in [5.41, 5.74) is 5.02. The van der Waals surface area contributed by atoms with E-state index in [-0.39, 0.29) is 17.9 Å². The normalized spacial score (nSPS) is 11.8. The third kappa shape index (κ3) is 7.83. The van der Waals surface area contributed by atoms with Crippen LogP contribution in [0.25, 0.3) is 22.0 Å². The van der Waals surface area contributed by atoms with E-state index in [4.69, 9.17) is 4.74 Å². The van der Waals surface area contributed by atoms with E-state index < -0.39 is 12.2 Å². The van der Waals surface area contributed by atoms with Crippen LogP contribution in [0.2, 0.25) is 0 Å². The summed E-state index contributed by atoms with van der Waals surface area (Å²) in [5.74, 6) is 0.719. The Morgan fingerprint density at radius 3 is 2.55 bits per heavy atom. The van der Waals surface area contributed by atoms with Gasteiger partial charge in [0.15, 0.2) is 0 Å². The highest BCUT2D eigenvalue weighted by molar-refractivity contribution is 5.91. The Kier molecular flexibility index (Phi) is 9.91. The number of aromatic amines is 1. The standard InChI is InChI=1S/C35H35N3O6/c39-31-16-14-28(29-15-17-33(41)38-34(29)31)32(40)22-36-21-24-8-6-11-26(19-24)44-18-5-4-7-23-12-13-27(25-9-2-1-3-10-25)30(20-23)37-35(42)43/h1-3,6,8-17,19-20,32,36-37,39-40H,4-5,7,18,21-22H2,(H,38,41)(H,42,43)/t32-/m1/s1. The van der Waals surface area contributed by atoms with Crippen LogP contribution < -0.4 is 20.9 Å². The SMILES string of the molecule is O=C(O)Nc1cc(CCCCOc2cccc(CNC[C@@H](O)c3ccc(O)c4[nH]c(=O)ccc34)c2)ccc1-c1ccccc1. The molecule has 5 rings (SSSR count). The summed E-state index contributed by atoms with van der Waals surface area (Å²) < 4.78 is 5.98. The van der Waals surface area contributed by atoms with Crippen molar-refractivity contribution in [2.75, 3.05) is 18.5 Å². The van der Waals surface area contributed by atoms with Crippen molar-refractivity contribution in [1.82, 2.24) is 10.3 Å². The topological polar surface area (TPSA) is 144 Å². The number of rotatable bonds is 13. The van der Waals surface area contributed by atoms with E-state index in [1.165, 1.54) is 12.1 Å². The zero-order valence-corrected chi connectivity index (χ0v) is 24.1. The van der Waals surface area contributed by atoms with Crippen molar-refractivity contribution in [3.8, 4) is 22.6 Å². The number of aromatic nitrogens is 1. The van der Waals surface area contributed by atoms with Crippen molar-refractivity contribution < 1.29 is 24.9 Å². The molecule has 1 amide bonds. The third-order valence-electron chi connectivity index (χ3n) is 7.37. The van der Waals surface area contributed by atoms with Gasteiger partial charge in [-0.3, -0.25) is 10.1 Å². The molecule has 226 valence electrons. The van der Waals surface area contributed by atoms with Crippen LogP contribution in [0.15, 0.2) is 102 Å². The number of aromatic hydroxyl groups is 1. The molecule has 6 N–H and O–H groups in total. The third-order valence-corrected chi connectivity index (χ3v) is 7.37. The van der Waals surface area contributed by atoms with Gasteiger partial charge in [0.1, 0.15) is 11.5 Å². The van der Waals surface area contributed by atoms with Crippen LogP contribution >= 0.6 is 0 Å². The second-order valence-corrected chi connectivity index (χ2v) is 10.6. The van der Waals surface area contributed by atoms with Crippen LogP contribution in [0.1, 0.15) is 35.6 Å². The zero-order chi connectivity index (χ0) is 30.9. The fourth-order valence-electron chi connectivity index (χ4n) is 5.21. The average molecular weight is 594 g/mol. The number of unbranched alkanes of at least 4 members (excludes halogenated alkanes) is 1. The first-order valence-electron chi connectivity index (χ1n) is 14.5. The Morgan fingerprint density at radius 2 is 1.73 bits per heavy atom. The van der Waals surface area contributed by atoms with Crippen LogP contribution in [-0.2, 0) is 13.0 Å². The number of phenols is 1. The molecule has 44 heavy (non-hydrogen) atoms. The lowest BCUT2D eigenvalue weighted by Crippen LogP contribution is -2.21. The van der Waals surface area contributed by atoms with Crippen molar-refractivity contribution in [3.63, 3.8) is 0 Å². The quantitative estimate of drug-likeness (QED) is 0.0890. The van der Waals surface area contributed by atoms with Crippen LogP contribution in [0.3, 0.4) is 0 Å². The first-order valence-corrected chi connectivity index (χ1v) is 14.5. The number of ether oxygens (including phenoxy) is 1. The summed E-state index contributed by atoms with van der Waals surface area (Å²) >= 11 is 0. The molecule has 0 aliphatic carbocycles. The highest BCUT2D eigenvalue weighted by Gasteiger charge is 2.14. The number of aryl methyl sites for hydroxylation is 1. The van der Waals surface area contributed by atoms with Crippen molar-refractivity contribution in [3.05, 3.63) is 124 Å². The second-order valence-electron chi connectivity index (χ2n) is 10.6. The highest BCUT2D eigenvalue weighted by atomic mass is 16.5. The van der Waals surface area contributed by atoms with Gasteiger partial charge in [0.25, 0.3) is 0 Å². The minimum absolute atomic E-state index is 0.0434. The van der Waals surface area contributed by atoms with E-state index in [9.17, 15) is 24.9 Å². The number of aliphatic hydroxyl groups excluding tert-OH is 1. The monoisotopic (exact) mass is 593 g/mol. The fourth-order valence-corrected chi connectivity index (χ4v) is 5.21. The average Bonchev–Trinajstić information content (AvgIpc) is 3.02. The summed E-state index contributed by atoms with van der Waals surface area (Å²) in [7, 11) is 0. The molecule has 1 heterocycles. The predicted molar refractivity (Wildman–Crippen MR) is 171 cm³/mol. The Hall–Kier alpha value is -5.12. The molecule has 0 spiro atoms. The summed E-state index contributed by atoms with van der Waals surface area (Å²) in [5, 5.41) is 36.6. The number of fused-ring (bicyclic) bond motifs is 1. The molecule has 0 saturated heterocycles. The predicted octanol–water partition coefficient (Wildman–Crippen LogP) is 6.22. The maximum atomic E-state index is 11.7. The van der Waals surface area contributed by atoms with Crippen molar-refractivity contribution >= 4 is 22.7 Å². The van der Waals surface area contributed by atoms with Crippen LogP contribution in [-0.4, -0.2) is 39.5 Å². The van der Waals surface area contributed by atoms with Gasteiger partial charge in [-0.05, 0) is 71.8 Å². The second kappa shape index (κ2) is 14.4. The van der Waals surface area contributed by atoms with E-state index in [2.05, 4.69) is 15.6 Å². The molecule has 0 aliphatic rings. The molecule has 9 heteroatoms. The number of phenolic OH excluding ortho intramolecular Hbond substituents is 1. The highest BCUT2D eigenvalue weighted by Crippen LogP contribution is 2.30. The molecule has 0 radical (unpaired) electrons. The number of amides is 1. The first kappa shape index (κ1) is 30.3. The molecule has 0 saturated carbocycles. The van der Waals surface area contributed by atoms with E-state index >= 15 is 0 Å². The van der Waals surface area contributed by atoms with Crippen LogP contribution in [0.4, 0.5) is 10.5 Å². The minimum atomic E-state index is -1.09. The van der Waals surface area contributed by atoms with Crippen molar-refractivity contribution in [2.45, 2.75) is 31.9 Å². The number of hydrogen-bond acceptors (Lipinski definition) is 6. The maximum absolute atomic E-state index is 11.7. The molecule has 5 aromatic rings. The lowest BCUT2D eigenvalue weighted by molar-refractivity contribution is 0.176. The lowest BCUT2D eigenvalue weighted by atomic mass is 9.99. The summed E-state index contributed by atoms with van der Waals surface area (Å²) in [6, 6.07) is 29.5. The van der Waals surface area contributed by atoms with Gasteiger partial charge >= 0.3 is 6.09 Å². The number of carbonyl (C=O) groups is 1. The molecule has 0 aliphatic heterocycles. The first-order chi connectivity index (χ1) is 21.4. The molecular weight excluding hydrogens is 558 g/mol. The fraction of sp³-hybridized carbons (Fsp3) is 0.200. The number of benzene rings is 4. The van der Waals surface area contributed by atoms with Gasteiger partial charge in [-0.1, -0.05) is 60.7 Å². The van der Waals surface area contributed by atoms with Gasteiger partial charge in [0, 0.05) is 30.1 Å². The smallest absolute Gasteiger partial charge is 0.409 e. The van der Waals surface area contributed by atoms with Gasteiger partial charge < -0.3 is 30.4 Å². The Morgan fingerprint density at radius 1 is 0.886 bits per heavy atom. The molecule has 1 atom stereocenters. The molecule has 4 aromatic carbocycles. The van der Waals surface area contributed by atoms with Gasteiger partial charge in [-0.15, -0.1) is 0 Å². The van der Waals surface area contributed by atoms with E-state index in [0.717, 1.165) is 47.3 Å².